The average molecular weight is 223 g/mol. The first-order chi connectivity index (χ1) is 7.53. The Balaban J connectivity index is 2.32. The predicted molar refractivity (Wildman–Crippen MR) is 65.5 cm³/mol. The first kappa shape index (κ1) is 13.0. The van der Waals surface area contributed by atoms with Crippen molar-refractivity contribution in [1.82, 2.24) is 5.32 Å². The van der Waals surface area contributed by atoms with E-state index >= 15 is 0 Å². The molecular formula is C13H21NO2. The van der Waals surface area contributed by atoms with Crippen molar-refractivity contribution in [3.63, 3.8) is 0 Å². The summed E-state index contributed by atoms with van der Waals surface area (Å²) in [5, 5.41) is 12.5. The molecule has 3 heteroatoms. The van der Waals surface area contributed by atoms with Crippen molar-refractivity contribution >= 4 is 0 Å². The van der Waals surface area contributed by atoms with Crippen molar-refractivity contribution in [2.45, 2.75) is 32.9 Å². The van der Waals surface area contributed by atoms with Crippen molar-refractivity contribution in [2.75, 3.05) is 13.2 Å². The topological polar surface area (TPSA) is 41.5 Å². The molecule has 0 heterocycles. The largest absolute Gasteiger partial charge is 0.508 e. The zero-order valence-electron chi connectivity index (χ0n) is 10.3. The smallest absolute Gasteiger partial charge is 0.115 e. The minimum Gasteiger partial charge on any atom is -0.508 e. The molecule has 0 radical (unpaired) electrons. The molecule has 0 bridgehead atoms. The standard InChI is InChI=1S/C13H21NO2/c1-4-16-13(2,3)10-14-9-11-5-7-12(15)8-6-11/h5-8,14-15H,4,9-10H2,1-3H3. The van der Waals surface area contributed by atoms with E-state index in [1.807, 2.05) is 19.1 Å². The maximum Gasteiger partial charge on any atom is 0.115 e. The van der Waals surface area contributed by atoms with Gasteiger partial charge in [0.2, 0.25) is 0 Å². The van der Waals surface area contributed by atoms with Gasteiger partial charge in [-0.05, 0) is 38.5 Å². The minimum atomic E-state index is -0.133. The molecule has 0 saturated carbocycles. The summed E-state index contributed by atoms with van der Waals surface area (Å²) in [6.07, 6.45) is 0. The van der Waals surface area contributed by atoms with Gasteiger partial charge in [0.1, 0.15) is 5.75 Å². The fourth-order valence-corrected chi connectivity index (χ4v) is 1.56. The van der Waals surface area contributed by atoms with Gasteiger partial charge >= 0.3 is 0 Å². The summed E-state index contributed by atoms with van der Waals surface area (Å²) in [6.45, 7) is 8.47. The van der Waals surface area contributed by atoms with Crippen LogP contribution in [0.25, 0.3) is 0 Å². The Bertz CT molecular complexity index is 306. The Morgan fingerprint density at radius 2 is 1.88 bits per heavy atom. The van der Waals surface area contributed by atoms with Crippen LogP contribution in [0.5, 0.6) is 5.75 Å². The Morgan fingerprint density at radius 3 is 2.44 bits per heavy atom. The van der Waals surface area contributed by atoms with Gasteiger partial charge in [-0.3, -0.25) is 0 Å². The van der Waals surface area contributed by atoms with E-state index in [9.17, 15) is 0 Å². The molecule has 0 fully saturated rings. The molecule has 0 saturated heterocycles. The van der Waals surface area contributed by atoms with E-state index < -0.39 is 0 Å². The number of nitrogens with one attached hydrogen (secondary N) is 1. The molecule has 1 rings (SSSR count). The lowest BCUT2D eigenvalue weighted by Gasteiger charge is -2.25. The first-order valence-electron chi connectivity index (χ1n) is 5.66. The van der Waals surface area contributed by atoms with E-state index in [0.717, 1.165) is 25.3 Å². The normalized spacial score (nSPS) is 11.7. The van der Waals surface area contributed by atoms with Crippen molar-refractivity contribution in [2.24, 2.45) is 0 Å². The lowest BCUT2D eigenvalue weighted by atomic mass is 10.1. The van der Waals surface area contributed by atoms with Crippen LogP contribution in [-0.2, 0) is 11.3 Å². The SMILES string of the molecule is CCOC(C)(C)CNCc1ccc(O)cc1. The lowest BCUT2D eigenvalue weighted by Crippen LogP contribution is -2.37. The second-order valence-corrected chi connectivity index (χ2v) is 4.46. The molecule has 0 unspecified atom stereocenters. The van der Waals surface area contributed by atoms with Crippen molar-refractivity contribution < 1.29 is 9.84 Å². The maximum atomic E-state index is 9.14. The highest BCUT2D eigenvalue weighted by atomic mass is 16.5. The van der Waals surface area contributed by atoms with Crippen LogP contribution < -0.4 is 5.32 Å². The van der Waals surface area contributed by atoms with E-state index in [1.54, 1.807) is 12.1 Å². The minimum absolute atomic E-state index is 0.133. The van der Waals surface area contributed by atoms with Crippen molar-refractivity contribution in [1.29, 1.82) is 0 Å². The van der Waals surface area contributed by atoms with E-state index in [-0.39, 0.29) is 5.60 Å². The average Bonchev–Trinajstić information content (AvgIpc) is 2.20. The number of phenolic OH excluding ortho intramolecular Hbond substituents is 1. The van der Waals surface area contributed by atoms with Gasteiger partial charge < -0.3 is 15.2 Å². The number of aromatic hydroxyl groups is 1. The molecule has 2 N–H and O–H groups in total. The zero-order chi connectivity index (χ0) is 12.0. The summed E-state index contributed by atoms with van der Waals surface area (Å²) in [5.74, 6) is 0.304. The summed E-state index contributed by atoms with van der Waals surface area (Å²) >= 11 is 0. The summed E-state index contributed by atoms with van der Waals surface area (Å²) < 4.78 is 5.58. The highest BCUT2D eigenvalue weighted by Crippen LogP contribution is 2.10. The number of ether oxygens (including phenoxy) is 1. The summed E-state index contributed by atoms with van der Waals surface area (Å²) in [5.41, 5.74) is 1.02. The first-order valence-corrected chi connectivity index (χ1v) is 5.66. The van der Waals surface area contributed by atoms with Gasteiger partial charge in [0, 0.05) is 19.7 Å². The number of hydrogen-bond donors (Lipinski definition) is 2. The number of hydrogen-bond acceptors (Lipinski definition) is 3. The summed E-state index contributed by atoms with van der Waals surface area (Å²) in [4.78, 5) is 0. The van der Waals surface area contributed by atoms with Gasteiger partial charge in [-0.25, -0.2) is 0 Å². The third-order valence-electron chi connectivity index (χ3n) is 2.35. The number of phenols is 1. The van der Waals surface area contributed by atoms with Crippen LogP contribution in [0.2, 0.25) is 0 Å². The molecule has 0 amide bonds. The highest BCUT2D eigenvalue weighted by molar-refractivity contribution is 5.25. The molecular weight excluding hydrogens is 202 g/mol. The predicted octanol–water partition coefficient (Wildman–Crippen LogP) is 2.30. The third-order valence-corrected chi connectivity index (χ3v) is 2.35. The quantitative estimate of drug-likeness (QED) is 0.777. The molecule has 0 aliphatic carbocycles. The van der Waals surface area contributed by atoms with Gasteiger partial charge in [-0.1, -0.05) is 12.1 Å². The second-order valence-electron chi connectivity index (χ2n) is 4.46. The summed E-state index contributed by atoms with van der Waals surface area (Å²) in [7, 11) is 0. The van der Waals surface area contributed by atoms with Crippen molar-refractivity contribution in [3.05, 3.63) is 29.8 Å². The lowest BCUT2D eigenvalue weighted by molar-refractivity contribution is -0.00897. The molecule has 0 aliphatic rings. The number of benzene rings is 1. The molecule has 0 aromatic heterocycles. The fourth-order valence-electron chi connectivity index (χ4n) is 1.56. The van der Waals surface area contributed by atoms with Crippen LogP contribution in [0, 0.1) is 0 Å². The Labute approximate surface area is 97.4 Å². The van der Waals surface area contributed by atoms with Crippen LogP contribution >= 0.6 is 0 Å². The molecule has 0 atom stereocenters. The van der Waals surface area contributed by atoms with Gasteiger partial charge in [0.05, 0.1) is 5.60 Å². The van der Waals surface area contributed by atoms with Gasteiger partial charge in [-0.2, -0.15) is 0 Å². The van der Waals surface area contributed by atoms with Crippen LogP contribution in [0.15, 0.2) is 24.3 Å². The van der Waals surface area contributed by atoms with Crippen molar-refractivity contribution in [3.8, 4) is 5.75 Å². The molecule has 0 spiro atoms. The monoisotopic (exact) mass is 223 g/mol. The Kier molecular flexibility index (Phi) is 4.77. The van der Waals surface area contributed by atoms with Crippen LogP contribution in [0.4, 0.5) is 0 Å². The van der Waals surface area contributed by atoms with Gasteiger partial charge in [0.25, 0.3) is 0 Å². The van der Waals surface area contributed by atoms with E-state index in [0.29, 0.717) is 5.75 Å². The highest BCUT2D eigenvalue weighted by Gasteiger charge is 2.16. The molecule has 0 aliphatic heterocycles. The molecule has 3 nitrogen and oxygen atoms in total. The Hall–Kier alpha value is -1.06. The third kappa shape index (κ3) is 4.64. The fraction of sp³-hybridized carbons (Fsp3) is 0.538. The molecule has 16 heavy (non-hydrogen) atoms. The van der Waals surface area contributed by atoms with E-state index in [1.165, 1.54) is 0 Å². The zero-order valence-corrected chi connectivity index (χ0v) is 10.3. The molecule has 1 aromatic carbocycles. The van der Waals surface area contributed by atoms with E-state index in [4.69, 9.17) is 9.84 Å². The van der Waals surface area contributed by atoms with Crippen LogP contribution in [0.1, 0.15) is 26.3 Å². The number of rotatable bonds is 6. The van der Waals surface area contributed by atoms with Crippen LogP contribution in [-0.4, -0.2) is 23.9 Å². The van der Waals surface area contributed by atoms with E-state index in [2.05, 4.69) is 19.2 Å². The van der Waals surface area contributed by atoms with Gasteiger partial charge in [-0.15, -0.1) is 0 Å². The second kappa shape index (κ2) is 5.87. The van der Waals surface area contributed by atoms with Crippen LogP contribution in [0.3, 0.4) is 0 Å². The summed E-state index contributed by atoms with van der Waals surface area (Å²) in [6, 6.07) is 7.22. The molecule has 90 valence electrons. The van der Waals surface area contributed by atoms with Gasteiger partial charge in [0.15, 0.2) is 0 Å². The Morgan fingerprint density at radius 1 is 1.25 bits per heavy atom. The maximum absolute atomic E-state index is 9.14. The molecule has 1 aromatic rings.